The number of piperazine rings is 1. The van der Waals surface area contributed by atoms with Crippen molar-refractivity contribution in [1.29, 1.82) is 0 Å². The van der Waals surface area contributed by atoms with Crippen molar-refractivity contribution in [3.63, 3.8) is 0 Å². The van der Waals surface area contributed by atoms with Gasteiger partial charge in [0.15, 0.2) is 11.6 Å². The topological polar surface area (TPSA) is 83.8 Å². The second-order valence-corrected chi connectivity index (χ2v) is 5.84. The van der Waals surface area contributed by atoms with Crippen LogP contribution < -0.4 is 34.5 Å². The number of nitrogens with zero attached hydrogens (tertiary/aromatic N) is 2. The summed E-state index contributed by atoms with van der Waals surface area (Å²) in [5.74, 6) is -1.67. The van der Waals surface area contributed by atoms with Gasteiger partial charge >= 0.3 is 14.4 Å². The van der Waals surface area contributed by atoms with E-state index in [2.05, 4.69) is 5.32 Å². The van der Waals surface area contributed by atoms with E-state index >= 15 is 0 Å². The molecule has 1 saturated heterocycles. The van der Waals surface area contributed by atoms with Crippen LogP contribution in [-0.4, -0.2) is 57.3 Å². The second kappa shape index (κ2) is 11.3. The third-order valence-electron chi connectivity index (χ3n) is 4.45. The van der Waals surface area contributed by atoms with E-state index in [0.717, 1.165) is 19.2 Å². The standard InChI is InChI=1S/C17H20FN3O4.B.3FH/c1-3-20-9-11(17(23)24)15(22)10-8-12(18)14(16(25-2)13(10)20)21-6-4-19-5-7-21;;;;/h8-9,19H,3-7H2,1-2H3,(H,23,24);;3*1H/q;+3;;;/p-3. The molecule has 158 valence electrons. The maximum absolute atomic E-state index is 14.9. The zero-order valence-corrected chi connectivity index (χ0v) is 15.8. The number of rotatable bonds is 4. The molecule has 0 atom stereocenters. The van der Waals surface area contributed by atoms with Crippen molar-refractivity contribution in [1.82, 2.24) is 9.88 Å². The number of hydrogen-bond acceptors (Lipinski definition) is 5. The summed E-state index contributed by atoms with van der Waals surface area (Å²) in [6.07, 6.45) is 1.29. The Balaban J connectivity index is 0. The molecule has 0 spiro atoms. The summed E-state index contributed by atoms with van der Waals surface area (Å²) in [5.41, 5.74) is -0.377. The first kappa shape index (κ1) is 28.5. The molecule has 1 aromatic carbocycles. The number of fused-ring (bicyclic) bond motifs is 1. The van der Waals surface area contributed by atoms with Crippen LogP contribution in [0.4, 0.5) is 10.1 Å². The largest absolute Gasteiger partial charge is 3.00 e. The van der Waals surface area contributed by atoms with Gasteiger partial charge in [-0.2, -0.15) is 0 Å². The monoisotopic (exact) mass is 417 g/mol. The van der Waals surface area contributed by atoms with E-state index in [-0.39, 0.29) is 39.2 Å². The number of aryl methyl sites for hydroxylation is 1. The first-order chi connectivity index (χ1) is 12.0. The van der Waals surface area contributed by atoms with Crippen molar-refractivity contribution in [3.05, 3.63) is 33.9 Å². The molecule has 0 aliphatic carbocycles. The fraction of sp³-hybridized carbons (Fsp3) is 0.412. The zero-order chi connectivity index (χ0) is 18.1. The SMILES string of the molecule is CCn1cc(C(=O)O)c(=O)c2cc(F)c(N3CCNCC3)c(OC)c21.[B+3].[F-].[F-].[F-]. The number of aromatic carboxylic acids is 1. The first-order valence-electron chi connectivity index (χ1n) is 8.12. The van der Waals surface area contributed by atoms with Crippen LogP contribution in [0.3, 0.4) is 0 Å². The van der Waals surface area contributed by atoms with Crippen molar-refractivity contribution >= 4 is 31.0 Å². The molecule has 0 radical (unpaired) electrons. The molecule has 1 aliphatic rings. The Hall–Kier alpha value is -2.76. The van der Waals surface area contributed by atoms with E-state index in [1.165, 1.54) is 13.3 Å². The number of aromatic nitrogens is 1. The van der Waals surface area contributed by atoms with Crippen LogP contribution in [0.5, 0.6) is 5.75 Å². The van der Waals surface area contributed by atoms with Crippen molar-refractivity contribution in [3.8, 4) is 5.75 Å². The molecule has 0 unspecified atom stereocenters. The van der Waals surface area contributed by atoms with E-state index in [1.54, 1.807) is 4.57 Å². The summed E-state index contributed by atoms with van der Waals surface area (Å²) < 4.78 is 22.0. The van der Waals surface area contributed by atoms with E-state index in [1.807, 2.05) is 11.8 Å². The van der Waals surface area contributed by atoms with Crippen LogP contribution in [0.1, 0.15) is 17.3 Å². The molecule has 1 aliphatic heterocycles. The van der Waals surface area contributed by atoms with Crippen LogP contribution in [0.25, 0.3) is 10.9 Å². The summed E-state index contributed by atoms with van der Waals surface area (Å²) in [6.45, 7) is 4.91. The zero-order valence-electron chi connectivity index (χ0n) is 15.8. The molecule has 0 bridgehead atoms. The van der Waals surface area contributed by atoms with Gasteiger partial charge in [-0.05, 0) is 13.0 Å². The van der Waals surface area contributed by atoms with Gasteiger partial charge in [0.05, 0.1) is 18.0 Å². The number of ether oxygens (including phenoxy) is 1. The Morgan fingerprint density at radius 3 is 2.34 bits per heavy atom. The first-order valence-corrected chi connectivity index (χ1v) is 8.12. The number of halogens is 4. The van der Waals surface area contributed by atoms with Crippen LogP contribution >= 0.6 is 0 Å². The molecule has 0 amide bonds. The maximum atomic E-state index is 14.9. The van der Waals surface area contributed by atoms with Gasteiger partial charge in [0.25, 0.3) is 0 Å². The fourth-order valence-corrected chi connectivity index (χ4v) is 3.27. The van der Waals surface area contributed by atoms with Crippen LogP contribution in [0, 0.1) is 5.82 Å². The Kier molecular flexibility index (Phi) is 11.1. The summed E-state index contributed by atoms with van der Waals surface area (Å²) >= 11 is 0. The molecule has 3 rings (SSSR count). The normalized spacial score (nSPS) is 12.7. The van der Waals surface area contributed by atoms with Crippen molar-refractivity contribution in [2.45, 2.75) is 13.5 Å². The van der Waals surface area contributed by atoms with E-state index in [9.17, 15) is 19.1 Å². The molecular formula is C17H20BF4N3O4. The van der Waals surface area contributed by atoms with E-state index < -0.39 is 17.2 Å². The van der Waals surface area contributed by atoms with Crippen LogP contribution in [-0.2, 0) is 6.54 Å². The average Bonchev–Trinajstić information content (AvgIpc) is 2.61. The van der Waals surface area contributed by atoms with E-state index in [4.69, 9.17) is 4.74 Å². The molecule has 12 heteroatoms. The van der Waals surface area contributed by atoms with Crippen LogP contribution in [0.2, 0.25) is 0 Å². The predicted octanol–water partition coefficient (Wildman–Crippen LogP) is -8.09. The number of nitrogens with one attached hydrogen (secondary N) is 1. The number of anilines is 1. The van der Waals surface area contributed by atoms with Gasteiger partial charge in [-0.25, -0.2) is 9.18 Å². The molecular weight excluding hydrogens is 397 g/mol. The van der Waals surface area contributed by atoms with Gasteiger partial charge in [0.2, 0.25) is 5.43 Å². The number of pyridine rings is 1. The Morgan fingerprint density at radius 1 is 1.28 bits per heavy atom. The van der Waals surface area contributed by atoms with Crippen molar-refractivity contribution < 1.29 is 33.1 Å². The summed E-state index contributed by atoms with van der Waals surface area (Å²) in [7, 11) is 1.43. The number of methoxy groups -OCH3 is 1. The number of hydrogen-bond donors (Lipinski definition) is 2. The van der Waals surface area contributed by atoms with Gasteiger partial charge < -0.3 is 38.7 Å². The quantitative estimate of drug-likeness (QED) is 0.380. The minimum atomic E-state index is -1.33. The van der Waals surface area contributed by atoms with E-state index in [0.29, 0.717) is 30.8 Å². The molecule has 2 N–H and O–H groups in total. The minimum absolute atomic E-state index is 0. The Bertz CT molecular complexity index is 905. The Labute approximate surface area is 166 Å². The third-order valence-corrected chi connectivity index (χ3v) is 4.45. The molecule has 1 aromatic heterocycles. The Morgan fingerprint density at radius 2 is 1.86 bits per heavy atom. The number of carboxylic acid groups (broad SMARTS) is 1. The number of carbonyl (C=O) groups is 1. The van der Waals surface area contributed by atoms with Gasteiger partial charge in [0, 0.05) is 38.9 Å². The third kappa shape index (κ3) is 4.81. The molecule has 2 aromatic rings. The number of carboxylic acids is 1. The van der Waals surface area contributed by atoms with Crippen LogP contribution in [0.15, 0.2) is 17.1 Å². The number of benzene rings is 1. The summed E-state index contributed by atoms with van der Waals surface area (Å²) in [5, 5.41) is 12.5. The van der Waals surface area contributed by atoms with Gasteiger partial charge in [-0.3, -0.25) is 4.79 Å². The van der Waals surface area contributed by atoms with Gasteiger partial charge in [-0.1, -0.05) is 0 Å². The molecule has 1 fully saturated rings. The van der Waals surface area contributed by atoms with Gasteiger partial charge in [0.1, 0.15) is 11.3 Å². The molecule has 0 saturated carbocycles. The second-order valence-electron chi connectivity index (χ2n) is 5.84. The predicted molar refractivity (Wildman–Crippen MR) is 98.2 cm³/mol. The van der Waals surface area contributed by atoms with Crippen molar-refractivity contribution in [2.24, 2.45) is 0 Å². The molecule has 2 heterocycles. The minimum Gasteiger partial charge on any atom is -1.00 e. The summed E-state index contributed by atoms with van der Waals surface area (Å²) in [6, 6.07) is 1.12. The maximum Gasteiger partial charge on any atom is 3.00 e. The molecule has 29 heavy (non-hydrogen) atoms. The molecule has 7 nitrogen and oxygen atoms in total. The summed E-state index contributed by atoms with van der Waals surface area (Å²) in [4.78, 5) is 25.7. The van der Waals surface area contributed by atoms with Gasteiger partial charge in [-0.15, -0.1) is 0 Å². The average molecular weight is 417 g/mol. The fourth-order valence-electron chi connectivity index (χ4n) is 3.27. The van der Waals surface area contributed by atoms with Crippen molar-refractivity contribution in [2.75, 3.05) is 38.2 Å². The smallest absolute Gasteiger partial charge is 1.00 e.